The Labute approximate surface area is 198 Å². The van der Waals surface area contributed by atoms with Crippen LogP contribution in [0.2, 0.25) is 0 Å². The van der Waals surface area contributed by atoms with Gasteiger partial charge in [-0.25, -0.2) is 0 Å². The van der Waals surface area contributed by atoms with Gasteiger partial charge in [-0.1, -0.05) is 48.2 Å². The highest BCUT2D eigenvalue weighted by Gasteiger charge is 2.40. The molecule has 0 spiro atoms. The average Bonchev–Trinajstić information content (AvgIpc) is 3.06. The van der Waals surface area contributed by atoms with Crippen LogP contribution in [0, 0.1) is 0 Å². The van der Waals surface area contributed by atoms with Crippen LogP contribution >= 0.6 is 24.0 Å². The average molecular weight is 492 g/mol. The van der Waals surface area contributed by atoms with Gasteiger partial charge in [0.05, 0.1) is 16.2 Å². The van der Waals surface area contributed by atoms with Gasteiger partial charge in [-0.05, 0) is 43.0 Å². The van der Waals surface area contributed by atoms with Crippen molar-refractivity contribution in [2.45, 2.75) is 6.18 Å². The van der Waals surface area contributed by atoms with Crippen LogP contribution in [0.15, 0.2) is 53.4 Å². The third-order valence-electron chi connectivity index (χ3n) is 5.47. The number of likely N-dealkylation sites (N-methyl/N-ethyl adjacent to an activating group) is 1. The van der Waals surface area contributed by atoms with Gasteiger partial charge in [-0.2, -0.15) is 13.2 Å². The molecule has 0 aliphatic carbocycles. The number of alkyl halides is 3. The molecule has 2 aliphatic heterocycles. The number of nitrogens with zero attached hydrogens (tertiary/aromatic N) is 3. The van der Waals surface area contributed by atoms with Crippen LogP contribution < -0.4 is 4.90 Å². The minimum Gasteiger partial charge on any atom is -0.336 e. The number of halogens is 3. The van der Waals surface area contributed by atoms with E-state index in [2.05, 4.69) is 4.90 Å². The molecule has 0 aromatic heterocycles. The lowest BCUT2D eigenvalue weighted by molar-refractivity contribution is -0.137. The number of piperazine rings is 1. The van der Waals surface area contributed by atoms with Crippen molar-refractivity contribution in [2.75, 3.05) is 38.1 Å². The maximum absolute atomic E-state index is 13.5. The molecule has 0 N–H and O–H groups in total. The zero-order valence-corrected chi connectivity index (χ0v) is 19.3. The van der Waals surface area contributed by atoms with Crippen molar-refractivity contribution in [2.24, 2.45) is 0 Å². The second-order valence-corrected chi connectivity index (χ2v) is 9.43. The Morgan fingerprint density at radius 2 is 1.76 bits per heavy atom. The zero-order chi connectivity index (χ0) is 23.8. The summed E-state index contributed by atoms with van der Waals surface area (Å²) in [6.45, 7) is 2.87. The number of amides is 2. The number of rotatable bonds is 3. The summed E-state index contributed by atoms with van der Waals surface area (Å²) in [6.07, 6.45) is -3.07. The monoisotopic (exact) mass is 491 g/mol. The number of anilines is 1. The summed E-state index contributed by atoms with van der Waals surface area (Å²) in [5.74, 6) is -0.720. The molecule has 172 valence electrons. The Morgan fingerprint density at radius 1 is 1.06 bits per heavy atom. The van der Waals surface area contributed by atoms with E-state index in [0.29, 0.717) is 24.2 Å². The van der Waals surface area contributed by atoms with Crippen LogP contribution in [0.25, 0.3) is 6.08 Å². The fourth-order valence-electron chi connectivity index (χ4n) is 3.69. The quantitative estimate of drug-likeness (QED) is 0.467. The summed E-state index contributed by atoms with van der Waals surface area (Å²) in [6, 6.07) is 11.7. The van der Waals surface area contributed by atoms with Crippen LogP contribution in [0.5, 0.6) is 0 Å². The van der Waals surface area contributed by atoms with Crippen molar-refractivity contribution >= 4 is 51.9 Å². The van der Waals surface area contributed by atoms with E-state index in [1.807, 2.05) is 7.05 Å². The second kappa shape index (κ2) is 9.28. The Bertz CT molecular complexity index is 1140. The normalized spacial score (nSPS) is 19.0. The molecule has 0 atom stereocenters. The van der Waals surface area contributed by atoms with Crippen LogP contribution in [-0.4, -0.2) is 59.2 Å². The van der Waals surface area contributed by atoms with Crippen LogP contribution in [-0.2, 0) is 11.0 Å². The van der Waals surface area contributed by atoms with Gasteiger partial charge in [0.15, 0.2) is 4.32 Å². The topological polar surface area (TPSA) is 43.9 Å². The Hall–Kier alpha value is -2.69. The summed E-state index contributed by atoms with van der Waals surface area (Å²) in [5, 5.41) is 0. The molecule has 10 heteroatoms. The van der Waals surface area contributed by atoms with Gasteiger partial charge in [0.2, 0.25) is 0 Å². The lowest BCUT2D eigenvalue weighted by atomic mass is 10.1. The number of hydrogen-bond acceptors (Lipinski definition) is 5. The van der Waals surface area contributed by atoms with Gasteiger partial charge in [0.1, 0.15) is 0 Å². The molecule has 4 rings (SSSR count). The number of thiocarbonyl (C=S) groups is 1. The van der Waals surface area contributed by atoms with E-state index >= 15 is 0 Å². The number of carbonyl (C=O) groups is 2. The summed E-state index contributed by atoms with van der Waals surface area (Å²) in [4.78, 5) is 30.9. The molecule has 5 nitrogen and oxygen atoms in total. The summed E-state index contributed by atoms with van der Waals surface area (Å²) >= 11 is 6.17. The molecule has 0 radical (unpaired) electrons. The number of hydrogen-bond donors (Lipinski definition) is 0. The fourth-order valence-corrected chi connectivity index (χ4v) is 4.97. The molecule has 33 heavy (non-hydrogen) atoms. The van der Waals surface area contributed by atoms with Gasteiger partial charge < -0.3 is 9.80 Å². The lowest BCUT2D eigenvalue weighted by Gasteiger charge is -2.32. The number of carbonyl (C=O) groups excluding carboxylic acids is 2. The molecular formula is C23H20F3N3O2S2. The van der Waals surface area contributed by atoms with Crippen molar-refractivity contribution in [1.29, 1.82) is 0 Å². The van der Waals surface area contributed by atoms with Crippen molar-refractivity contribution in [3.05, 3.63) is 70.1 Å². The largest absolute Gasteiger partial charge is 0.418 e. The molecular weight excluding hydrogens is 471 g/mol. The lowest BCUT2D eigenvalue weighted by Crippen LogP contribution is -2.47. The van der Waals surface area contributed by atoms with Crippen LogP contribution in [0.4, 0.5) is 18.9 Å². The summed E-state index contributed by atoms with van der Waals surface area (Å²) in [7, 11) is 2.01. The fraction of sp³-hybridized carbons (Fsp3) is 0.261. The Balaban J connectivity index is 1.59. The van der Waals surface area contributed by atoms with Crippen LogP contribution in [0.1, 0.15) is 21.5 Å². The van der Waals surface area contributed by atoms with Crippen molar-refractivity contribution in [1.82, 2.24) is 9.80 Å². The van der Waals surface area contributed by atoms with Gasteiger partial charge >= 0.3 is 6.18 Å². The summed E-state index contributed by atoms with van der Waals surface area (Å²) < 4.78 is 40.4. The highest BCUT2D eigenvalue weighted by Crippen LogP contribution is 2.42. The predicted molar refractivity (Wildman–Crippen MR) is 127 cm³/mol. The van der Waals surface area contributed by atoms with E-state index < -0.39 is 17.6 Å². The highest BCUT2D eigenvalue weighted by molar-refractivity contribution is 8.27. The minimum absolute atomic E-state index is 0.0209. The predicted octanol–water partition coefficient (Wildman–Crippen LogP) is 4.50. The zero-order valence-electron chi connectivity index (χ0n) is 17.6. The van der Waals surface area contributed by atoms with E-state index in [9.17, 15) is 22.8 Å². The first-order chi connectivity index (χ1) is 15.6. The first-order valence-corrected chi connectivity index (χ1v) is 11.4. The molecule has 2 heterocycles. The molecule has 2 fully saturated rings. The molecule has 2 amide bonds. The first kappa shape index (κ1) is 23.5. The minimum atomic E-state index is -4.62. The van der Waals surface area contributed by atoms with E-state index in [0.717, 1.165) is 35.8 Å². The maximum atomic E-state index is 13.5. The van der Waals surface area contributed by atoms with Gasteiger partial charge in [0, 0.05) is 31.7 Å². The smallest absolute Gasteiger partial charge is 0.336 e. The SMILES string of the molecule is CN1CCN(C(=O)c2cccc(/C=C3\SC(=S)N(c4ccccc4C(F)(F)F)C3=O)c2)CC1. The first-order valence-electron chi connectivity index (χ1n) is 10.2. The molecule has 2 aromatic rings. The highest BCUT2D eigenvalue weighted by atomic mass is 32.2. The van der Waals surface area contributed by atoms with Gasteiger partial charge in [-0.15, -0.1) is 0 Å². The van der Waals surface area contributed by atoms with E-state index in [1.165, 1.54) is 18.2 Å². The molecule has 2 aromatic carbocycles. The summed E-state index contributed by atoms with van der Waals surface area (Å²) in [5.41, 5.74) is -0.136. The van der Waals surface area contributed by atoms with Crippen molar-refractivity contribution in [3.8, 4) is 0 Å². The van der Waals surface area contributed by atoms with E-state index in [1.54, 1.807) is 35.2 Å². The van der Waals surface area contributed by atoms with E-state index in [-0.39, 0.29) is 20.8 Å². The van der Waals surface area contributed by atoms with Gasteiger partial charge in [0.25, 0.3) is 11.8 Å². The van der Waals surface area contributed by atoms with Crippen molar-refractivity contribution in [3.63, 3.8) is 0 Å². The molecule has 2 saturated heterocycles. The third kappa shape index (κ3) is 4.97. The number of benzene rings is 2. The van der Waals surface area contributed by atoms with E-state index in [4.69, 9.17) is 12.2 Å². The molecule has 0 saturated carbocycles. The Morgan fingerprint density at radius 3 is 2.45 bits per heavy atom. The second-order valence-electron chi connectivity index (χ2n) is 7.75. The van der Waals surface area contributed by atoms with Gasteiger partial charge in [-0.3, -0.25) is 14.5 Å². The maximum Gasteiger partial charge on any atom is 0.418 e. The van der Waals surface area contributed by atoms with Crippen molar-refractivity contribution < 1.29 is 22.8 Å². The number of thioether (sulfide) groups is 1. The molecule has 0 bridgehead atoms. The third-order valence-corrected chi connectivity index (χ3v) is 6.77. The molecule has 0 unspecified atom stereocenters. The number of para-hydroxylation sites is 1. The molecule has 2 aliphatic rings. The standard InChI is InChI=1S/C23H20F3N3O2S2/c1-27-9-11-28(12-10-27)20(30)16-6-4-5-15(13-16)14-19-21(31)29(22(32)33-19)18-8-3-2-7-17(18)23(24,25)26/h2-8,13-14H,9-12H2,1H3/b19-14-. The van der Waals surface area contributed by atoms with Crippen LogP contribution in [0.3, 0.4) is 0 Å². The Kier molecular flexibility index (Phi) is 6.60.